The van der Waals surface area contributed by atoms with Gasteiger partial charge in [0.15, 0.2) is 4.96 Å². The zero-order chi connectivity index (χ0) is 26.2. The van der Waals surface area contributed by atoms with E-state index in [-0.39, 0.29) is 5.57 Å². The molecule has 3 aromatic carbocycles. The summed E-state index contributed by atoms with van der Waals surface area (Å²) < 4.78 is 7.58. The molecule has 186 valence electrons. The first-order valence-corrected chi connectivity index (χ1v) is 12.7. The molecule has 5 aromatic rings. The topological polar surface area (TPSA) is 93.0 Å². The average molecular weight is 541 g/mol. The molecule has 4 amide bonds. The summed E-state index contributed by atoms with van der Waals surface area (Å²) in [6, 6.07) is 22.0. The molecule has 0 spiro atoms. The predicted molar refractivity (Wildman–Crippen MR) is 145 cm³/mol. The summed E-state index contributed by atoms with van der Waals surface area (Å²) in [5.74, 6) is -0.349. The van der Waals surface area contributed by atoms with Gasteiger partial charge in [-0.2, -0.15) is 0 Å². The molecule has 0 bridgehead atoms. The van der Waals surface area contributed by atoms with Gasteiger partial charge in [0, 0.05) is 22.2 Å². The fourth-order valence-electron chi connectivity index (χ4n) is 4.08. The van der Waals surface area contributed by atoms with E-state index in [9.17, 15) is 14.4 Å². The molecule has 1 aliphatic rings. The molecule has 6 rings (SSSR count). The lowest BCUT2D eigenvalue weighted by Crippen LogP contribution is -2.54. The second-order valence-electron chi connectivity index (χ2n) is 8.27. The van der Waals surface area contributed by atoms with Crippen LogP contribution in [0.3, 0.4) is 0 Å². The van der Waals surface area contributed by atoms with Crippen LogP contribution in [0.15, 0.2) is 96.0 Å². The van der Waals surface area contributed by atoms with Crippen LogP contribution in [0.5, 0.6) is 11.5 Å². The monoisotopic (exact) mass is 540 g/mol. The Kier molecular flexibility index (Phi) is 5.99. The lowest BCUT2D eigenvalue weighted by Gasteiger charge is -2.26. The van der Waals surface area contributed by atoms with Gasteiger partial charge in [-0.25, -0.2) is 14.7 Å². The Bertz CT molecular complexity index is 1720. The molecule has 1 N–H and O–H groups in total. The summed E-state index contributed by atoms with van der Waals surface area (Å²) in [6.45, 7) is 0. The third kappa shape index (κ3) is 4.34. The van der Waals surface area contributed by atoms with E-state index in [1.54, 1.807) is 47.0 Å². The van der Waals surface area contributed by atoms with Gasteiger partial charge in [0.25, 0.3) is 11.8 Å². The number of hydrogen-bond acceptors (Lipinski definition) is 6. The van der Waals surface area contributed by atoms with Crippen molar-refractivity contribution in [1.29, 1.82) is 0 Å². The number of carbonyl (C=O) groups excluding carboxylic acids is 3. The van der Waals surface area contributed by atoms with Crippen molar-refractivity contribution in [2.45, 2.75) is 0 Å². The number of anilines is 1. The zero-order valence-electron chi connectivity index (χ0n) is 19.5. The third-order valence-electron chi connectivity index (χ3n) is 5.87. The molecular formula is C28H17ClN4O4S. The maximum absolute atomic E-state index is 13.5. The van der Waals surface area contributed by atoms with Crippen molar-refractivity contribution in [3.8, 4) is 22.8 Å². The molecule has 8 nitrogen and oxygen atoms in total. The van der Waals surface area contributed by atoms with E-state index >= 15 is 0 Å². The number of rotatable bonds is 5. The number of amides is 4. The van der Waals surface area contributed by atoms with Gasteiger partial charge >= 0.3 is 6.03 Å². The number of ether oxygens (including phenoxy) is 1. The molecule has 1 fully saturated rings. The van der Waals surface area contributed by atoms with E-state index in [0.717, 1.165) is 10.5 Å². The highest BCUT2D eigenvalue weighted by Gasteiger charge is 2.37. The number of barbiturate groups is 1. The summed E-state index contributed by atoms with van der Waals surface area (Å²) in [7, 11) is 0. The van der Waals surface area contributed by atoms with Gasteiger partial charge in [-0.05, 0) is 54.6 Å². The minimum Gasteiger partial charge on any atom is -0.457 e. The number of fused-ring (bicyclic) bond motifs is 1. The largest absolute Gasteiger partial charge is 0.457 e. The number of imide groups is 2. The molecule has 2 aromatic heterocycles. The average Bonchev–Trinajstić information content (AvgIpc) is 3.51. The van der Waals surface area contributed by atoms with Crippen LogP contribution in [0.4, 0.5) is 10.5 Å². The third-order valence-corrected chi connectivity index (χ3v) is 6.88. The smallest absolute Gasteiger partial charge is 0.335 e. The maximum atomic E-state index is 13.5. The number of urea groups is 1. The number of imidazole rings is 1. The Labute approximate surface area is 225 Å². The summed E-state index contributed by atoms with van der Waals surface area (Å²) >= 11 is 7.47. The molecule has 0 saturated carbocycles. The van der Waals surface area contributed by atoms with E-state index in [0.29, 0.717) is 38.6 Å². The van der Waals surface area contributed by atoms with Crippen LogP contribution in [0, 0.1) is 0 Å². The van der Waals surface area contributed by atoms with Crippen LogP contribution < -0.4 is 15.0 Å². The van der Waals surface area contributed by atoms with Crippen molar-refractivity contribution in [3.63, 3.8) is 0 Å². The normalized spacial score (nSPS) is 14.8. The summed E-state index contributed by atoms with van der Waals surface area (Å²) in [5.41, 5.74) is 1.97. The number of thiazole rings is 1. The van der Waals surface area contributed by atoms with Gasteiger partial charge in [0.2, 0.25) is 0 Å². The second kappa shape index (κ2) is 9.62. The Hall–Kier alpha value is -4.73. The molecule has 0 unspecified atom stereocenters. The lowest BCUT2D eigenvalue weighted by atomic mass is 10.1. The summed E-state index contributed by atoms with van der Waals surface area (Å²) in [4.78, 5) is 45.4. The van der Waals surface area contributed by atoms with Crippen molar-refractivity contribution >= 4 is 57.5 Å². The minimum absolute atomic E-state index is 0.197. The Balaban J connectivity index is 1.36. The van der Waals surface area contributed by atoms with Gasteiger partial charge in [-0.3, -0.25) is 19.3 Å². The van der Waals surface area contributed by atoms with Crippen molar-refractivity contribution in [2.24, 2.45) is 0 Å². The molecule has 3 heterocycles. The Morgan fingerprint density at radius 2 is 1.61 bits per heavy atom. The van der Waals surface area contributed by atoms with Crippen LogP contribution in [-0.4, -0.2) is 27.2 Å². The molecule has 0 atom stereocenters. The van der Waals surface area contributed by atoms with Gasteiger partial charge < -0.3 is 4.74 Å². The number of benzene rings is 3. The summed E-state index contributed by atoms with van der Waals surface area (Å²) in [6.07, 6.45) is 3.26. The van der Waals surface area contributed by atoms with Crippen molar-refractivity contribution in [2.75, 3.05) is 4.90 Å². The molecule has 0 aliphatic carbocycles. The van der Waals surface area contributed by atoms with E-state index in [4.69, 9.17) is 16.3 Å². The Morgan fingerprint density at radius 3 is 2.34 bits per heavy atom. The highest BCUT2D eigenvalue weighted by molar-refractivity contribution is 7.15. The first-order chi connectivity index (χ1) is 18.5. The number of nitrogens with one attached hydrogen (secondary N) is 1. The van der Waals surface area contributed by atoms with Gasteiger partial charge in [0.1, 0.15) is 17.1 Å². The van der Waals surface area contributed by atoms with Crippen LogP contribution in [0.2, 0.25) is 5.02 Å². The fraction of sp³-hybridized carbons (Fsp3) is 0. The van der Waals surface area contributed by atoms with Crippen LogP contribution >= 0.6 is 22.9 Å². The number of hydrogen-bond donors (Lipinski definition) is 1. The number of para-hydroxylation sites is 1. The first kappa shape index (κ1) is 23.7. The minimum atomic E-state index is -0.833. The first-order valence-electron chi connectivity index (χ1n) is 11.4. The molecule has 10 heteroatoms. The van der Waals surface area contributed by atoms with Crippen LogP contribution in [0.25, 0.3) is 22.3 Å². The predicted octanol–water partition coefficient (Wildman–Crippen LogP) is 6.17. The van der Waals surface area contributed by atoms with Crippen molar-refractivity contribution < 1.29 is 19.1 Å². The number of nitrogens with zero attached hydrogens (tertiary/aromatic N) is 3. The van der Waals surface area contributed by atoms with Crippen LogP contribution in [0.1, 0.15) is 5.69 Å². The number of carbonyl (C=O) groups is 3. The lowest BCUT2D eigenvalue weighted by molar-refractivity contribution is -0.122. The number of aromatic nitrogens is 2. The number of halogens is 1. The Morgan fingerprint density at radius 1 is 0.895 bits per heavy atom. The summed E-state index contributed by atoms with van der Waals surface area (Å²) in [5, 5.41) is 4.70. The molecule has 38 heavy (non-hydrogen) atoms. The van der Waals surface area contributed by atoms with E-state index in [1.807, 2.05) is 47.8 Å². The molecule has 1 aliphatic heterocycles. The van der Waals surface area contributed by atoms with Gasteiger partial charge in [-0.15, -0.1) is 11.3 Å². The zero-order valence-corrected chi connectivity index (χ0v) is 21.1. The van der Waals surface area contributed by atoms with Crippen LogP contribution in [-0.2, 0) is 9.59 Å². The van der Waals surface area contributed by atoms with E-state index < -0.39 is 17.8 Å². The van der Waals surface area contributed by atoms with E-state index in [1.165, 1.54) is 17.4 Å². The van der Waals surface area contributed by atoms with Crippen molar-refractivity contribution in [1.82, 2.24) is 14.7 Å². The standard InChI is InChI=1S/C28H17ClN4O4S/c29-18-8-6-17(7-9-18)24-23(32-14-15-38-28(32)30-24)16-22-25(34)31-27(36)33(26(22)35)19-10-12-21(13-11-19)37-20-4-2-1-3-5-20/h1-16H,(H,31,34,36). The van der Waals surface area contributed by atoms with Crippen molar-refractivity contribution in [3.05, 3.63) is 107 Å². The fourth-order valence-corrected chi connectivity index (χ4v) is 4.92. The highest BCUT2D eigenvalue weighted by Crippen LogP contribution is 2.31. The van der Waals surface area contributed by atoms with E-state index in [2.05, 4.69) is 10.3 Å². The molecule has 1 saturated heterocycles. The SMILES string of the molecule is O=C1NC(=O)N(c2ccc(Oc3ccccc3)cc2)C(=O)C1=Cc1c(-c2ccc(Cl)cc2)nc2sccn12. The van der Waals surface area contributed by atoms with Gasteiger partial charge in [0.05, 0.1) is 17.1 Å². The second-order valence-corrected chi connectivity index (χ2v) is 9.58. The quantitative estimate of drug-likeness (QED) is 0.212. The molecular weight excluding hydrogens is 524 g/mol. The molecule has 0 radical (unpaired) electrons. The van der Waals surface area contributed by atoms with Gasteiger partial charge in [-0.1, -0.05) is 41.9 Å². The maximum Gasteiger partial charge on any atom is 0.335 e. The highest BCUT2D eigenvalue weighted by atomic mass is 35.5.